The van der Waals surface area contributed by atoms with Crippen LogP contribution in [0.2, 0.25) is 0 Å². The van der Waals surface area contributed by atoms with Gasteiger partial charge in [0.05, 0.1) is 20.7 Å². The predicted octanol–water partition coefficient (Wildman–Crippen LogP) is 2.94. The van der Waals surface area contributed by atoms with Crippen molar-refractivity contribution in [3.63, 3.8) is 0 Å². The van der Waals surface area contributed by atoms with E-state index in [0.717, 1.165) is 11.1 Å². The Kier molecular flexibility index (Phi) is 5.62. The van der Waals surface area contributed by atoms with Crippen LogP contribution >= 0.6 is 11.3 Å². The van der Waals surface area contributed by atoms with E-state index in [1.54, 1.807) is 6.20 Å². The van der Waals surface area contributed by atoms with Gasteiger partial charge in [-0.25, -0.2) is 14.2 Å². The molecular weight excluding hydrogens is 325 g/mol. The predicted molar refractivity (Wildman–Crippen MR) is 86.3 cm³/mol. The van der Waals surface area contributed by atoms with E-state index in [2.05, 4.69) is 15.6 Å². The number of thiazole rings is 1. The quantitative estimate of drug-likeness (QED) is 0.878. The molecule has 0 aliphatic heterocycles. The molecule has 0 bridgehead atoms. The second-order valence-electron chi connectivity index (χ2n) is 4.71. The third-order valence-corrected chi connectivity index (χ3v) is 4.90. The first-order chi connectivity index (χ1) is 10.5. The van der Waals surface area contributed by atoms with Crippen LogP contribution in [0.1, 0.15) is 17.8 Å². The van der Waals surface area contributed by atoms with Crippen molar-refractivity contribution < 1.29 is 13.4 Å². The molecule has 2 rings (SSSR count). The highest BCUT2D eigenvalue weighted by Gasteiger charge is 2.11. The first kappa shape index (κ1) is 16.6. The van der Waals surface area contributed by atoms with Gasteiger partial charge in [0.2, 0.25) is 0 Å². The summed E-state index contributed by atoms with van der Waals surface area (Å²) in [5.74, 6) is -0.498. The maximum absolute atomic E-state index is 13.7. The zero-order valence-electron chi connectivity index (χ0n) is 12.1. The number of rotatable bonds is 5. The van der Waals surface area contributed by atoms with Crippen molar-refractivity contribution >= 4 is 33.9 Å². The average molecular weight is 341 g/mol. The molecule has 22 heavy (non-hydrogen) atoms. The molecular formula is C14H16FN3O2S2. The molecule has 0 aliphatic carbocycles. The molecule has 0 saturated carbocycles. The van der Waals surface area contributed by atoms with Crippen LogP contribution in [0.5, 0.6) is 0 Å². The molecule has 0 aliphatic rings. The summed E-state index contributed by atoms with van der Waals surface area (Å²) < 4.78 is 24.9. The van der Waals surface area contributed by atoms with Gasteiger partial charge in [-0.05, 0) is 18.2 Å². The van der Waals surface area contributed by atoms with Crippen molar-refractivity contribution in [1.29, 1.82) is 0 Å². The van der Waals surface area contributed by atoms with Gasteiger partial charge in [0.25, 0.3) is 0 Å². The number of aromatic nitrogens is 1. The molecule has 2 unspecified atom stereocenters. The average Bonchev–Trinajstić information content (AvgIpc) is 2.98. The summed E-state index contributed by atoms with van der Waals surface area (Å²) in [4.78, 5) is 16.1. The summed E-state index contributed by atoms with van der Waals surface area (Å²) in [6.07, 6.45) is 3.12. The number of carbonyl (C=O) groups is 1. The van der Waals surface area contributed by atoms with Gasteiger partial charge in [0.1, 0.15) is 5.82 Å². The molecule has 0 radical (unpaired) electrons. The highest BCUT2D eigenvalue weighted by atomic mass is 32.2. The number of halogens is 1. The number of hydrogen-bond donors (Lipinski definition) is 2. The fraction of sp³-hybridized carbons (Fsp3) is 0.286. The highest BCUT2D eigenvalue weighted by Crippen LogP contribution is 2.18. The van der Waals surface area contributed by atoms with Crippen LogP contribution in [0.3, 0.4) is 0 Å². The summed E-state index contributed by atoms with van der Waals surface area (Å²) in [6, 6.07) is 3.65. The van der Waals surface area contributed by atoms with Gasteiger partial charge in [-0.2, -0.15) is 0 Å². The van der Waals surface area contributed by atoms with Crippen LogP contribution in [-0.4, -0.2) is 28.0 Å². The number of urea groups is 1. The minimum atomic E-state index is -1.40. The number of amides is 2. The summed E-state index contributed by atoms with van der Waals surface area (Å²) in [7, 11) is -1.40. The number of carbonyl (C=O) groups excluding carboxylic acids is 1. The topological polar surface area (TPSA) is 71.1 Å². The largest absolute Gasteiger partial charge is 0.337 e. The molecule has 1 aromatic carbocycles. The van der Waals surface area contributed by atoms with E-state index in [0.29, 0.717) is 12.2 Å². The van der Waals surface area contributed by atoms with E-state index < -0.39 is 22.6 Å². The van der Waals surface area contributed by atoms with Crippen molar-refractivity contribution in [2.75, 3.05) is 18.1 Å². The first-order valence-electron chi connectivity index (χ1n) is 6.54. The van der Waals surface area contributed by atoms with Crippen LogP contribution in [0.25, 0.3) is 0 Å². The normalized spacial score (nSPS) is 13.4. The zero-order chi connectivity index (χ0) is 16.1. The fourth-order valence-electron chi connectivity index (χ4n) is 1.80. The lowest BCUT2D eigenvalue weighted by Gasteiger charge is -2.11. The van der Waals surface area contributed by atoms with Crippen LogP contribution in [0.15, 0.2) is 34.7 Å². The number of nitrogens with zero attached hydrogens (tertiary/aromatic N) is 1. The standard InChI is InChI=1S/C14H16FN3O2S2/c1-9(13-16-5-6-21-13)8-17-14(19)18-10-3-4-12(22(2)20)11(15)7-10/h3-7,9H,8H2,1-2H3,(H2,17,18,19). The minimum Gasteiger partial charge on any atom is -0.337 e. The summed E-state index contributed by atoms with van der Waals surface area (Å²) in [5, 5.41) is 8.08. The van der Waals surface area contributed by atoms with E-state index in [1.807, 2.05) is 12.3 Å². The van der Waals surface area contributed by atoms with E-state index in [4.69, 9.17) is 0 Å². The van der Waals surface area contributed by atoms with E-state index in [9.17, 15) is 13.4 Å². The molecule has 5 nitrogen and oxygen atoms in total. The Morgan fingerprint density at radius 3 is 2.86 bits per heavy atom. The Labute approximate surface area is 134 Å². The number of hydrogen-bond acceptors (Lipinski definition) is 4. The van der Waals surface area contributed by atoms with Crippen LogP contribution in [0, 0.1) is 5.82 Å². The fourth-order valence-corrected chi connectivity index (χ4v) is 3.09. The van der Waals surface area contributed by atoms with Crippen LogP contribution in [-0.2, 0) is 10.8 Å². The molecule has 2 aromatic rings. The van der Waals surface area contributed by atoms with Gasteiger partial charge in [-0.3, -0.25) is 4.21 Å². The molecule has 2 N–H and O–H groups in total. The second kappa shape index (κ2) is 7.46. The van der Waals surface area contributed by atoms with E-state index >= 15 is 0 Å². The zero-order valence-corrected chi connectivity index (χ0v) is 13.8. The lowest BCUT2D eigenvalue weighted by molar-refractivity contribution is 0.251. The molecule has 0 saturated heterocycles. The molecule has 0 fully saturated rings. The van der Waals surface area contributed by atoms with Crippen molar-refractivity contribution in [2.45, 2.75) is 17.7 Å². The molecule has 1 heterocycles. The number of anilines is 1. The molecule has 8 heteroatoms. The Balaban J connectivity index is 1.89. The SMILES string of the molecule is CC(CNC(=O)Nc1ccc(S(C)=O)c(F)c1)c1nccs1. The number of nitrogens with one attached hydrogen (secondary N) is 2. The third kappa shape index (κ3) is 4.35. The van der Waals surface area contributed by atoms with Crippen molar-refractivity contribution in [3.05, 3.63) is 40.6 Å². The van der Waals surface area contributed by atoms with E-state index in [1.165, 1.54) is 29.7 Å². The van der Waals surface area contributed by atoms with Crippen molar-refractivity contribution in [3.8, 4) is 0 Å². The van der Waals surface area contributed by atoms with Crippen molar-refractivity contribution in [1.82, 2.24) is 10.3 Å². The third-order valence-electron chi connectivity index (χ3n) is 2.94. The molecule has 118 valence electrons. The highest BCUT2D eigenvalue weighted by molar-refractivity contribution is 7.84. The smallest absolute Gasteiger partial charge is 0.319 e. The van der Waals surface area contributed by atoms with Gasteiger partial charge in [-0.15, -0.1) is 11.3 Å². The van der Waals surface area contributed by atoms with E-state index in [-0.39, 0.29) is 10.8 Å². The Hall–Kier alpha value is -1.80. The van der Waals surface area contributed by atoms with Crippen LogP contribution < -0.4 is 10.6 Å². The summed E-state index contributed by atoms with van der Waals surface area (Å²) in [5.41, 5.74) is 0.311. The first-order valence-corrected chi connectivity index (χ1v) is 8.98. The monoisotopic (exact) mass is 341 g/mol. The van der Waals surface area contributed by atoms with Gasteiger partial charge in [0, 0.05) is 36.0 Å². The summed E-state index contributed by atoms with van der Waals surface area (Å²) >= 11 is 1.53. The lowest BCUT2D eigenvalue weighted by atomic mass is 10.2. The lowest BCUT2D eigenvalue weighted by Crippen LogP contribution is -2.31. The van der Waals surface area contributed by atoms with Gasteiger partial charge in [0.15, 0.2) is 0 Å². The van der Waals surface area contributed by atoms with Gasteiger partial charge < -0.3 is 10.6 Å². The summed E-state index contributed by atoms with van der Waals surface area (Å²) in [6.45, 7) is 2.39. The molecule has 2 atom stereocenters. The second-order valence-corrected chi connectivity index (χ2v) is 6.98. The van der Waals surface area contributed by atoms with Gasteiger partial charge >= 0.3 is 6.03 Å². The molecule has 0 spiro atoms. The minimum absolute atomic E-state index is 0.104. The van der Waals surface area contributed by atoms with Crippen LogP contribution in [0.4, 0.5) is 14.9 Å². The maximum atomic E-state index is 13.7. The molecule has 2 amide bonds. The number of benzene rings is 1. The van der Waals surface area contributed by atoms with Crippen molar-refractivity contribution in [2.24, 2.45) is 0 Å². The molecule has 1 aromatic heterocycles. The van der Waals surface area contributed by atoms with Gasteiger partial charge in [-0.1, -0.05) is 6.92 Å². The Morgan fingerprint density at radius 1 is 1.50 bits per heavy atom. The maximum Gasteiger partial charge on any atom is 0.319 e. The Bertz CT molecular complexity index is 677. The Morgan fingerprint density at radius 2 is 2.27 bits per heavy atom.